The van der Waals surface area contributed by atoms with Gasteiger partial charge in [-0.15, -0.1) is 0 Å². The maximum absolute atomic E-state index is 8.87. The van der Waals surface area contributed by atoms with E-state index < -0.39 is 0 Å². The minimum atomic E-state index is 0.550. The van der Waals surface area contributed by atoms with Crippen LogP contribution in [-0.4, -0.2) is 12.4 Å². The van der Waals surface area contributed by atoms with Crippen LogP contribution in [0.15, 0.2) is 48.5 Å². The van der Waals surface area contributed by atoms with Crippen LogP contribution in [0.5, 0.6) is 5.75 Å². The van der Waals surface area contributed by atoms with Crippen LogP contribution < -0.4 is 4.74 Å². The number of thioether (sulfide) groups is 1. The first-order chi connectivity index (χ1) is 10.7. The fourth-order valence-electron chi connectivity index (χ4n) is 2.09. The Hall–Kier alpha value is -1.92. The van der Waals surface area contributed by atoms with Crippen molar-refractivity contribution in [1.82, 2.24) is 0 Å². The smallest absolute Gasteiger partial charge is 0.119 e. The second-order valence-electron chi connectivity index (χ2n) is 5.44. The van der Waals surface area contributed by atoms with E-state index in [4.69, 9.17) is 10.00 Å². The Kier molecular flexibility index (Phi) is 6.36. The minimum Gasteiger partial charge on any atom is -0.493 e. The quantitative estimate of drug-likeness (QED) is 0.675. The van der Waals surface area contributed by atoms with Gasteiger partial charge in [-0.3, -0.25) is 0 Å². The summed E-state index contributed by atoms with van der Waals surface area (Å²) in [6, 6.07) is 18.3. The van der Waals surface area contributed by atoms with Gasteiger partial charge < -0.3 is 4.74 Å². The van der Waals surface area contributed by atoms with Gasteiger partial charge in [0.1, 0.15) is 5.75 Å². The van der Waals surface area contributed by atoms with Gasteiger partial charge in [-0.05, 0) is 41.3 Å². The Morgan fingerprint density at radius 2 is 1.91 bits per heavy atom. The molecule has 0 aliphatic heterocycles. The molecule has 0 spiro atoms. The zero-order chi connectivity index (χ0) is 15.8. The lowest BCUT2D eigenvalue weighted by Crippen LogP contribution is -2.00. The van der Waals surface area contributed by atoms with E-state index in [1.807, 2.05) is 42.1 Å². The highest BCUT2D eigenvalue weighted by Gasteiger charge is 2.00. The zero-order valence-electron chi connectivity index (χ0n) is 13.1. The molecule has 0 atom stereocenters. The highest BCUT2D eigenvalue weighted by Crippen LogP contribution is 2.19. The Balaban J connectivity index is 1.70. The summed E-state index contributed by atoms with van der Waals surface area (Å²) >= 11 is 1.82. The van der Waals surface area contributed by atoms with Gasteiger partial charge in [0.2, 0.25) is 0 Å². The van der Waals surface area contributed by atoms with Gasteiger partial charge in [-0.1, -0.05) is 38.1 Å². The number of ether oxygens (including phenoxy) is 1. The normalized spacial score (nSPS) is 10.5. The highest BCUT2D eigenvalue weighted by atomic mass is 32.2. The molecule has 2 rings (SSSR count). The largest absolute Gasteiger partial charge is 0.493 e. The second kappa shape index (κ2) is 8.51. The van der Waals surface area contributed by atoms with E-state index in [0.717, 1.165) is 22.8 Å². The lowest BCUT2D eigenvalue weighted by atomic mass is 10.0. The molecule has 0 heterocycles. The van der Waals surface area contributed by atoms with Crippen LogP contribution in [0.25, 0.3) is 0 Å². The van der Waals surface area contributed by atoms with Crippen LogP contribution in [-0.2, 0) is 5.75 Å². The molecule has 0 amide bonds. The van der Waals surface area contributed by atoms with Crippen LogP contribution in [0.3, 0.4) is 0 Å². The maximum Gasteiger partial charge on any atom is 0.119 e. The average molecular weight is 311 g/mol. The van der Waals surface area contributed by atoms with Crippen molar-refractivity contribution in [3.63, 3.8) is 0 Å². The van der Waals surface area contributed by atoms with Gasteiger partial charge in [0.25, 0.3) is 0 Å². The summed E-state index contributed by atoms with van der Waals surface area (Å²) in [7, 11) is 0. The van der Waals surface area contributed by atoms with Gasteiger partial charge >= 0.3 is 0 Å². The molecule has 2 aromatic rings. The lowest BCUT2D eigenvalue weighted by molar-refractivity contribution is 0.344. The topological polar surface area (TPSA) is 33.0 Å². The number of benzene rings is 2. The van der Waals surface area contributed by atoms with Crippen LogP contribution in [0.2, 0.25) is 0 Å². The van der Waals surface area contributed by atoms with Crippen molar-refractivity contribution in [3.8, 4) is 11.8 Å². The molecule has 0 aliphatic rings. The molecule has 0 fully saturated rings. The van der Waals surface area contributed by atoms with Crippen LogP contribution >= 0.6 is 11.8 Å². The molecule has 0 saturated heterocycles. The maximum atomic E-state index is 8.87. The van der Waals surface area contributed by atoms with Gasteiger partial charge in [-0.25, -0.2) is 0 Å². The predicted molar refractivity (Wildman–Crippen MR) is 93.3 cm³/mol. The number of rotatable bonds is 7. The molecular weight excluding hydrogens is 290 g/mol. The van der Waals surface area contributed by atoms with E-state index in [-0.39, 0.29) is 0 Å². The number of nitriles is 1. The predicted octanol–water partition coefficient (Wildman–Crippen LogP) is 4.99. The van der Waals surface area contributed by atoms with Crippen molar-refractivity contribution >= 4 is 11.8 Å². The SMILES string of the molecule is CC(C)c1ccc(OCCSCc2cccc(C#N)c2)cc1. The van der Waals surface area contributed by atoms with E-state index in [1.54, 1.807) is 0 Å². The fraction of sp³-hybridized carbons (Fsp3) is 0.316. The number of nitrogens with zero attached hydrogens (tertiary/aromatic N) is 1. The highest BCUT2D eigenvalue weighted by molar-refractivity contribution is 7.98. The molecule has 0 bridgehead atoms. The molecule has 2 aromatic carbocycles. The lowest BCUT2D eigenvalue weighted by Gasteiger charge is -2.09. The standard InChI is InChI=1S/C19H21NOS/c1-15(2)18-6-8-19(9-7-18)21-10-11-22-14-17-5-3-4-16(12-17)13-20/h3-9,12,15H,10-11,14H2,1-2H3. The summed E-state index contributed by atoms with van der Waals surface area (Å²) in [4.78, 5) is 0. The average Bonchev–Trinajstić information content (AvgIpc) is 2.55. The molecule has 0 unspecified atom stereocenters. The monoisotopic (exact) mass is 311 g/mol. The van der Waals surface area contributed by atoms with Crippen molar-refractivity contribution < 1.29 is 4.74 Å². The third-order valence-corrected chi connectivity index (χ3v) is 4.36. The fourth-order valence-corrected chi connectivity index (χ4v) is 2.85. The van der Waals surface area contributed by atoms with E-state index >= 15 is 0 Å². The van der Waals surface area contributed by atoms with Gasteiger partial charge in [0.05, 0.1) is 18.2 Å². The van der Waals surface area contributed by atoms with Crippen molar-refractivity contribution in [2.24, 2.45) is 0 Å². The van der Waals surface area contributed by atoms with Gasteiger partial charge in [-0.2, -0.15) is 17.0 Å². The molecule has 3 heteroatoms. The third kappa shape index (κ3) is 5.13. The van der Waals surface area contributed by atoms with Crippen molar-refractivity contribution in [1.29, 1.82) is 5.26 Å². The summed E-state index contributed by atoms with van der Waals surface area (Å²) in [5.41, 5.74) is 3.24. The van der Waals surface area contributed by atoms with Crippen molar-refractivity contribution in [2.45, 2.75) is 25.5 Å². The van der Waals surface area contributed by atoms with Crippen LogP contribution in [0.1, 0.15) is 36.5 Å². The Bertz CT molecular complexity index is 629. The molecular formula is C19H21NOS. The summed E-state index contributed by atoms with van der Waals surface area (Å²) < 4.78 is 5.75. The third-order valence-electron chi connectivity index (χ3n) is 3.37. The molecule has 0 aliphatic carbocycles. The molecule has 2 nitrogen and oxygen atoms in total. The van der Waals surface area contributed by atoms with E-state index in [1.165, 1.54) is 11.1 Å². The molecule has 0 N–H and O–H groups in total. The summed E-state index contributed by atoms with van der Waals surface area (Å²) in [5.74, 6) is 3.32. The second-order valence-corrected chi connectivity index (χ2v) is 6.54. The molecule has 22 heavy (non-hydrogen) atoms. The van der Waals surface area contributed by atoms with E-state index in [9.17, 15) is 0 Å². The van der Waals surface area contributed by atoms with Gasteiger partial charge in [0, 0.05) is 11.5 Å². The molecule has 0 radical (unpaired) electrons. The number of hydrogen-bond acceptors (Lipinski definition) is 3. The Morgan fingerprint density at radius 1 is 1.14 bits per heavy atom. The number of hydrogen-bond donors (Lipinski definition) is 0. The van der Waals surface area contributed by atoms with Crippen molar-refractivity contribution in [3.05, 3.63) is 65.2 Å². The van der Waals surface area contributed by atoms with Crippen LogP contribution in [0.4, 0.5) is 0 Å². The first kappa shape index (κ1) is 16.5. The Labute approximate surface area is 137 Å². The summed E-state index contributed by atoms with van der Waals surface area (Å²) in [6.45, 7) is 5.07. The molecule has 0 saturated carbocycles. The summed E-state index contributed by atoms with van der Waals surface area (Å²) in [5, 5.41) is 8.87. The van der Waals surface area contributed by atoms with E-state index in [2.05, 4.69) is 38.1 Å². The van der Waals surface area contributed by atoms with Crippen LogP contribution in [0, 0.1) is 11.3 Å². The van der Waals surface area contributed by atoms with E-state index in [0.29, 0.717) is 12.5 Å². The molecule has 0 aromatic heterocycles. The Morgan fingerprint density at radius 3 is 2.59 bits per heavy atom. The first-order valence-corrected chi connectivity index (χ1v) is 8.64. The van der Waals surface area contributed by atoms with Gasteiger partial charge in [0.15, 0.2) is 0 Å². The summed E-state index contributed by atoms with van der Waals surface area (Å²) in [6.07, 6.45) is 0. The zero-order valence-corrected chi connectivity index (χ0v) is 13.9. The minimum absolute atomic E-state index is 0.550. The molecule has 114 valence electrons. The first-order valence-electron chi connectivity index (χ1n) is 7.48. The van der Waals surface area contributed by atoms with Crippen molar-refractivity contribution in [2.75, 3.05) is 12.4 Å².